The van der Waals surface area contributed by atoms with Crippen LogP contribution >= 0.6 is 0 Å². The van der Waals surface area contributed by atoms with Gasteiger partial charge in [0.1, 0.15) is 23.3 Å². The molecule has 0 aromatic heterocycles. The minimum absolute atomic E-state index is 0.0254. The van der Waals surface area contributed by atoms with E-state index in [1.807, 2.05) is 48.5 Å². The maximum atomic E-state index is 15.3. The number of hydrogen-bond donors (Lipinski definition) is 2. The monoisotopic (exact) mass is 1040 g/mol. The van der Waals surface area contributed by atoms with Gasteiger partial charge in [0.15, 0.2) is 11.5 Å². The third-order valence-corrected chi connectivity index (χ3v) is 16.1. The summed E-state index contributed by atoms with van der Waals surface area (Å²) in [6, 6.07) is 25.4. The molecule has 0 radical (unpaired) electrons. The molecule has 1 saturated heterocycles. The second-order valence-electron chi connectivity index (χ2n) is 21.4. The van der Waals surface area contributed by atoms with Crippen molar-refractivity contribution >= 4 is 22.6 Å². The average Bonchev–Trinajstić information content (AvgIpc) is 3.94. The highest BCUT2D eigenvalue weighted by atomic mass is 16.8. The van der Waals surface area contributed by atoms with E-state index >= 15 is 4.79 Å². The molecular formula is C63H82N2O11. The van der Waals surface area contributed by atoms with Crippen LogP contribution in [-0.2, 0) is 25.6 Å². The summed E-state index contributed by atoms with van der Waals surface area (Å²) in [7, 11) is 0. The Balaban J connectivity index is 1.14. The number of nitrogens with zero attached hydrogens (tertiary/aromatic N) is 2. The van der Waals surface area contributed by atoms with Crippen molar-refractivity contribution in [3.63, 3.8) is 0 Å². The summed E-state index contributed by atoms with van der Waals surface area (Å²) >= 11 is 0. The third kappa shape index (κ3) is 13.4. The maximum absolute atomic E-state index is 15.3. The Morgan fingerprint density at radius 3 is 2.32 bits per heavy atom. The zero-order chi connectivity index (χ0) is 52.5. The molecule has 7 unspecified atom stereocenters. The van der Waals surface area contributed by atoms with Gasteiger partial charge in [-0.3, -0.25) is 4.90 Å². The van der Waals surface area contributed by atoms with Gasteiger partial charge in [-0.2, -0.15) is 0 Å². The van der Waals surface area contributed by atoms with Gasteiger partial charge in [0, 0.05) is 44.1 Å². The number of carbonyl (C=O) groups is 1. The average molecular weight is 1040 g/mol. The summed E-state index contributed by atoms with van der Waals surface area (Å²) in [4.78, 5) is 23.5. The molecule has 3 heterocycles. The Bertz CT molecular complexity index is 2580. The molecular weight excluding hydrogens is 961 g/mol. The largest absolute Gasteiger partial charge is 0.459 e. The summed E-state index contributed by atoms with van der Waals surface area (Å²) in [6.07, 6.45) is 22.2. The van der Waals surface area contributed by atoms with E-state index in [0.717, 1.165) is 85.3 Å². The lowest BCUT2D eigenvalue weighted by molar-refractivity contribution is -0.256. The van der Waals surface area contributed by atoms with E-state index in [9.17, 15) is 10.2 Å². The van der Waals surface area contributed by atoms with Gasteiger partial charge in [-0.05, 0) is 121 Å². The summed E-state index contributed by atoms with van der Waals surface area (Å²) < 4.78 is 45.7. The van der Waals surface area contributed by atoms with Crippen LogP contribution in [0.5, 0.6) is 28.7 Å². The number of unbranched alkanes of at least 4 members (excludes halogenated alkanes) is 11. The second kappa shape index (κ2) is 27.6. The molecule has 1 amide bonds. The molecule has 410 valence electrons. The first-order chi connectivity index (χ1) is 37.4. The van der Waals surface area contributed by atoms with Crippen LogP contribution in [0.2, 0.25) is 0 Å². The number of carbonyl (C=O) groups excluding carboxylic acids is 1. The fourth-order valence-electron chi connectivity index (χ4n) is 12.4. The molecule has 3 aliphatic heterocycles. The van der Waals surface area contributed by atoms with E-state index in [-0.39, 0.29) is 63.9 Å². The van der Waals surface area contributed by atoms with E-state index in [4.69, 9.17) is 43.2 Å². The number of aliphatic hydroxyl groups is 2. The summed E-state index contributed by atoms with van der Waals surface area (Å²) in [6.45, 7) is 7.83. The molecule has 4 aromatic rings. The van der Waals surface area contributed by atoms with Crippen LogP contribution in [0.15, 0.2) is 108 Å². The van der Waals surface area contributed by atoms with Gasteiger partial charge < -0.3 is 48.2 Å². The molecule has 9 rings (SSSR count). The van der Waals surface area contributed by atoms with Gasteiger partial charge in [0.2, 0.25) is 18.9 Å². The quantitative estimate of drug-likeness (QED) is 0.0304. The van der Waals surface area contributed by atoms with Crippen molar-refractivity contribution in [1.82, 2.24) is 4.90 Å². The zero-order valence-corrected chi connectivity index (χ0v) is 44.9. The molecule has 0 spiro atoms. The molecule has 4 aromatic carbocycles. The van der Waals surface area contributed by atoms with Crippen molar-refractivity contribution in [3.05, 3.63) is 114 Å². The number of rotatable bonds is 29. The minimum atomic E-state index is -1.49. The number of oxime groups is 1. The van der Waals surface area contributed by atoms with Crippen LogP contribution in [0, 0.1) is 17.8 Å². The SMILES string of the molecule is C=CCOC12Oc3ccc(Oc4ccc5ccccc5c4)cc3C3C(CCCCO)C(CCCCO)C=C(C(=NOC4CCCCO4)CC1N(Cc1ccc4c(c1)OCO4)C(=O)OCCCCCCCCCCCC)C32. The minimum Gasteiger partial charge on any atom is -0.459 e. The van der Waals surface area contributed by atoms with E-state index in [1.165, 1.54) is 44.9 Å². The van der Waals surface area contributed by atoms with Crippen molar-refractivity contribution in [2.75, 3.05) is 39.8 Å². The lowest BCUT2D eigenvalue weighted by Crippen LogP contribution is -2.70. The highest BCUT2D eigenvalue weighted by molar-refractivity contribution is 6.03. The molecule has 1 saturated carbocycles. The number of fused-ring (bicyclic) bond motifs is 4. The number of hydrogen-bond acceptors (Lipinski definition) is 12. The zero-order valence-electron chi connectivity index (χ0n) is 44.9. The molecule has 5 aliphatic rings. The molecule has 2 aliphatic carbocycles. The van der Waals surface area contributed by atoms with Crippen LogP contribution in [-0.4, -0.2) is 84.9 Å². The first-order valence-electron chi connectivity index (χ1n) is 28.8. The van der Waals surface area contributed by atoms with E-state index in [2.05, 4.69) is 49.9 Å². The van der Waals surface area contributed by atoms with Gasteiger partial charge >= 0.3 is 6.09 Å². The lowest BCUT2D eigenvalue weighted by Gasteiger charge is -2.60. The number of benzene rings is 4. The number of amides is 1. The van der Waals surface area contributed by atoms with Gasteiger partial charge in [-0.1, -0.05) is 131 Å². The van der Waals surface area contributed by atoms with Crippen molar-refractivity contribution in [2.45, 2.75) is 166 Å². The third-order valence-electron chi connectivity index (χ3n) is 16.1. The van der Waals surface area contributed by atoms with Crippen molar-refractivity contribution in [1.29, 1.82) is 0 Å². The van der Waals surface area contributed by atoms with E-state index in [1.54, 1.807) is 11.0 Å². The van der Waals surface area contributed by atoms with Gasteiger partial charge in [0.25, 0.3) is 0 Å². The van der Waals surface area contributed by atoms with Crippen molar-refractivity contribution < 1.29 is 53.0 Å². The van der Waals surface area contributed by atoms with Gasteiger partial charge in [0.05, 0.1) is 31.5 Å². The smallest absolute Gasteiger partial charge is 0.410 e. The Kier molecular flexibility index (Phi) is 20.1. The lowest BCUT2D eigenvalue weighted by atomic mass is 9.55. The number of aliphatic hydroxyl groups excluding tert-OH is 2. The van der Waals surface area contributed by atoms with E-state index < -0.39 is 30.1 Å². The Morgan fingerprint density at radius 2 is 1.54 bits per heavy atom. The number of ether oxygens (including phenoxy) is 7. The van der Waals surface area contributed by atoms with Crippen molar-refractivity contribution in [2.24, 2.45) is 22.9 Å². The first kappa shape index (κ1) is 55.2. The van der Waals surface area contributed by atoms with Crippen molar-refractivity contribution in [3.8, 4) is 28.7 Å². The van der Waals surface area contributed by atoms with Crippen LogP contribution in [0.3, 0.4) is 0 Å². The highest BCUT2D eigenvalue weighted by Crippen LogP contribution is 2.62. The molecule has 2 fully saturated rings. The normalized spacial score (nSPS) is 23.8. The van der Waals surface area contributed by atoms with Gasteiger partial charge in [-0.15, -0.1) is 6.58 Å². The molecule has 76 heavy (non-hydrogen) atoms. The standard InChI is InChI=1S/C63H82N2O11/c1-3-5-6-7-8-9-10-11-12-20-37-70-62(68)65(43-45-27-31-56-57(38-45)72-44-71-56)58-42-54(64-76-59-26-17-21-36-69-59)52-40-48(24-15-18-33-66)51(25-16-19-34-67)60-53-41-50(74-49-29-28-46-22-13-14-23-47(46)39-49)30-32-55(53)75-63(58,61(52)60)73-35-4-2/h4,13-14,22-23,27-32,38-41,48,51,58-61,66-67H,2-3,5-12,15-21,24-26,33-37,42-44H2,1H3. The number of allylic oxidation sites excluding steroid dienone is 1. The van der Waals surface area contributed by atoms with Crippen LogP contribution in [0.25, 0.3) is 10.8 Å². The molecule has 0 bridgehead atoms. The van der Waals surface area contributed by atoms with E-state index in [0.29, 0.717) is 60.3 Å². The Labute approximate surface area is 450 Å². The van der Waals surface area contributed by atoms with Crippen LogP contribution in [0.4, 0.5) is 4.79 Å². The van der Waals surface area contributed by atoms with Crippen LogP contribution in [0.1, 0.15) is 152 Å². The summed E-state index contributed by atoms with van der Waals surface area (Å²) in [5.74, 6) is 1.10. The van der Waals surface area contributed by atoms with Crippen LogP contribution < -0.4 is 18.9 Å². The fraction of sp³-hybridized carbons (Fsp3) is 0.556. The molecule has 7 atom stereocenters. The first-order valence-corrected chi connectivity index (χ1v) is 28.8. The molecule has 13 nitrogen and oxygen atoms in total. The predicted molar refractivity (Wildman–Crippen MR) is 295 cm³/mol. The predicted octanol–water partition coefficient (Wildman–Crippen LogP) is 14.1. The highest BCUT2D eigenvalue weighted by Gasteiger charge is 2.66. The summed E-state index contributed by atoms with van der Waals surface area (Å²) in [5.41, 5.74) is 3.43. The molecule has 2 N–H and O–H groups in total. The van der Waals surface area contributed by atoms with Gasteiger partial charge in [-0.25, -0.2) is 4.79 Å². The molecule has 13 heteroatoms. The Hall–Kier alpha value is -5.60. The topological polar surface area (TPSA) is 147 Å². The Morgan fingerprint density at radius 1 is 0.803 bits per heavy atom. The maximum Gasteiger partial charge on any atom is 0.410 e. The second-order valence-corrected chi connectivity index (χ2v) is 21.4. The summed E-state index contributed by atoms with van der Waals surface area (Å²) in [5, 5.41) is 27.6. The fourth-order valence-corrected chi connectivity index (χ4v) is 12.4.